The molecule has 2 aromatic rings. The van der Waals surface area contributed by atoms with Gasteiger partial charge in [-0.3, -0.25) is 14.5 Å². The van der Waals surface area contributed by atoms with Crippen molar-refractivity contribution in [2.75, 3.05) is 16.0 Å². The van der Waals surface area contributed by atoms with Gasteiger partial charge in [-0.2, -0.15) is 0 Å². The summed E-state index contributed by atoms with van der Waals surface area (Å²) in [4.78, 5) is 35.9. The summed E-state index contributed by atoms with van der Waals surface area (Å²) in [5.41, 5.74) is 1.75. The van der Waals surface area contributed by atoms with Gasteiger partial charge in [0.15, 0.2) is 5.16 Å². The molecule has 0 bridgehead atoms. The summed E-state index contributed by atoms with van der Waals surface area (Å²) in [6.07, 6.45) is 3.44. The second-order valence-electron chi connectivity index (χ2n) is 6.80. The molecule has 7 heteroatoms. The highest BCUT2D eigenvalue weighted by molar-refractivity contribution is 7.99. The lowest BCUT2D eigenvalue weighted by Gasteiger charge is -2.18. The van der Waals surface area contributed by atoms with E-state index in [-0.39, 0.29) is 18.2 Å². The first-order valence-electron chi connectivity index (χ1n) is 9.80. The second-order valence-corrected chi connectivity index (χ2v) is 7.86. The normalized spacial score (nSPS) is 12.9. The van der Waals surface area contributed by atoms with Crippen LogP contribution in [0.1, 0.15) is 50.7 Å². The molecule has 3 rings (SSSR count). The van der Waals surface area contributed by atoms with Crippen molar-refractivity contribution in [1.82, 2.24) is 9.97 Å². The quantitative estimate of drug-likeness (QED) is 0.506. The number of unbranched alkanes of at least 4 members (excludes halogenated alkanes) is 1. The Kier molecular flexibility index (Phi) is 7.03. The molecule has 0 atom stereocenters. The van der Waals surface area contributed by atoms with Crippen molar-refractivity contribution in [3.8, 4) is 0 Å². The van der Waals surface area contributed by atoms with Gasteiger partial charge in [-0.1, -0.05) is 62.4 Å². The number of amides is 2. The fourth-order valence-electron chi connectivity index (χ4n) is 3.03. The summed E-state index contributed by atoms with van der Waals surface area (Å²) in [6, 6.07) is 9.85. The van der Waals surface area contributed by atoms with E-state index in [1.165, 1.54) is 0 Å². The number of thioether (sulfide) groups is 1. The molecule has 2 amide bonds. The predicted molar refractivity (Wildman–Crippen MR) is 113 cm³/mol. The highest BCUT2D eigenvalue weighted by Crippen LogP contribution is 2.35. The molecule has 1 aliphatic heterocycles. The summed E-state index contributed by atoms with van der Waals surface area (Å²) in [5.74, 6) is 1.90. The molecule has 0 unspecified atom stereocenters. The van der Waals surface area contributed by atoms with Gasteiger partial charge < -0.3 is 5.32 Å². The van der Waals surface area contributed by atoms with Crippen molar-refractivity contribution >= 4 is 35.2 Å². The topological polar surface area (TPSA) is 75.2 Å². The number of carbonyl (C=O) groups excluding carboxylic acids is 2. The first-order valence-corrected chi connectivity index (χ1v) is 10.8. The molecule has 0 fully saturated rings. The number of anilines is 2. The SMILES string of the molecule is CCCCC(=O)Nc1nc(SCCC)nc2c1CC(=O)N2Cc1ccccc1. The lowest BCUT2D eigenvalue weighted by molar-refractivity contribution is -0.118. The minimum absolute atomic E-state index is 0.0187. The number of carbonyl (C=O) groups is 2. The highest BCUT2D eigenvalue weighted by atomic mass is 32.2. The van der Waals surface area contributed by atoms with Crippen LogP contribution in [0.25, 0.3) is 0 Å². The third-order valence-corrected chi connectivity index (χ3v) is 5.54. The van der Waals surface area contributed by atoms with Gasteiger partial charge in [-0.15, -0.1) is 0 Å². The van der Waals surface area contributed by atoms with Crippen LogP contribution in [0, 0.1) is 0 Å². The fraction of sp³-hybridized carbons (Fsp3) is 0.429. The van der Waals surface area contributed by atoms with E-state index < -0.39 is 0 Å². The molecule has 148 valence electrons. The Balaban J connectivity index is 1.91. The maximum absolute atomic E-state index is 12.7. The number of aromatic nitrogens is 2. The molecular formula is C21H26N4O2S. The molecule has 0 aliphatic carbocycles. The van der Waals surface area contributed by atoms with Gasteiger partial charge in [-0.05, 0) is 18.4 Å². The predicted octanol–water partition coefficient (Wildman–Crippen LogP) is 4.20. The van der Waals surface area contributed by atoms with Crippen LogP contribution in [-0.2, 0) is 22.6 Å². The Morgan fingerprint density at radius 3 is 2.68 bits per heavy atom. The first kappa shape index (κ1) is 20.3. The second kappa shape index (κ2) is 9.68. The number of hydrogen-bond acceptors (Lipinski definition) is 5. The van der Waals surface area contributed by atoms with Crippen LogP contribution in [0.4, 0.5) is 11.6 Å². The standard InChI is InChI=1S/C21H26N4O2S/c1-3-5-11-17(26)22-19-16-13-18(27)25(14-15-9-7-6-8-10-15)20(16)24-21(23-19)28-12-4-2/h6-10H,3-5,11-14H2,1-2H3,(H,22,23,24,26). The van der Waals surface area contributed by atoms with Gasteiger partial charge in [0.05, 0.1) is 13.0 Å². The Labute approximate surface area is 170 Å². The summed E-state index contributed by atoms with van der Waals surface area (Å²) in [5, 5.41) is 3.51. The van der Waals surface area contributed by atoms with Crippen LogP contribution >= 0.6 is 11.8 Å². The van der Waals surface area contributed by atoms with Gasteiger partial charge in [0.25, 0.3) is 0 Å². The van der Waals surface area contributed by atoms with Crippen LogP contribution in [-0.4, -0.2) is 27.5 Å². The summed E-state index contributed by atoms with van der Waals surface area (Å²) < 4.78 is 0. The van der Waals surface area contributed by atoms with E-state index in [4.69, 9.17) is 0 Å². The molecule has 0 saturated heterocycles. The van der Waals surface area contributed by atoms with Gasteiger partial charge in [-0.25, -0.2) is 9.97 Å². The van der Waals surface area contributed by atoms with Crippen molar-refractivity contribution in [2.45, 2.75) is 57.7 Å². The number of hydrogen-bond donors (Lipinski definition) is 1. The zero-order valence-corrected chi connectivity index (χ0v) is 17.2. The van der Waals surface area contributed by atoms with Crippen molar-refractivity contribution in [3.63, 3.8) is 0 Å². The van der Waals surface area contributed by atoms with E-state index in [0.717, 1.165) is 30.6 Å². The summed E-state index contributed by atoms with van der Waals surface area (Å²) >= 11 is 1.54. The Morgan fingerprint density at radius 2 is 1.96 bits per heavy atom. The number of fused-ring (bicyclic) bond motifs is 1. The number of nitrogens with one attached hydrogen (secondary N) is 1. The van der Waals surface area contributed by atoms with Crippen LogP contribution in [0.15, 0.2) is 35.5 Å². The van der Waals surface area contributed by atoms with Crippen LogP contribution in [0.2, 0.25) is 0 Å². The average Bonchev–Trinajstić information content (AvgIpc) is 3.01. The molecule has 2 heterocycles. The molecule has 1 aromatic carbocycles. The molecule has 0 saturated carbocycles. The molecule has 1 N–H and O–H groups in total. The third kappa shape index (κ3) is 4.90. The van der Waals surface area contributed by atoms with Crippen molar-refractivity contribution in [2.24, 2.45) is 0 Å². The van der Waals surface area contributed by atoms with Gasteiger partial charge in [0.2, 0.25) is 11.8 Å². The lowest BCUT2D eigenvalue weighted by atomic mass is 10.2. The largest absolute Gasteiger partial charge is 0.310 e. The van der Waals surface area contributed by atoms with Crippen LogP contribution in [0.5, 0.6) is 0 Å². The minimum Gasteiger partial charge on any atom is -0.310 e. The third-order valence-electron chi connectivity index (χ3n) is 4.48. The zero-order valence-electron chi connectivity index (χ0n) is 16.4. The van der Waals surface area contributed by atoms with Gasteiger partial charge in [0.1, 0.15) is 11.6 Å². The Hall–Kier alpha value is -2.41. The van der Waals surface area contributed by atoms with Crippen molar-refractivity contribution in [1.29, 1.82) is 0 Å². The number of nitrogens with zero attached hydrogens (tertiary/aromatic N) is 3. The van der Waals surface area contributed by atoms with E-state index >= 15 is 0 Å². The number of rotatable bonds is 9. The zero-order chi connectivity index (χ0) is 19.9. The monoisotopic (exact) mass is 398 g/mol. The van der Waals surface area contributed by atoms with Crippen molar-refractivity contribution < 1.29 is 9.59 Å². The van der Waals surface area contributed by atoms with E-state index in [9.17, 15) is 9.59 Å². The molecule has 1 aliphatic rings. The van der Waals surface area contributed by atoms with E-state index in [0.29, 0.717) is 35.3 Å². The average molecular weight is 399 g/mol. The summed E-state index contributed by atoms with van der Waals surface area (Å²) in [6.45, 7) is 4.61. The van der Waals surface area contributed by atoms with Gasteiger partial charge in [0, 0.05) is 17.7 Å². The van der Waals surface area contributed by atoms with Gasteiger partial charge >= 0.3 is 0 Å². The Bertz CT molecular complexity index is 842. The summed E-state index contributed by atoms with van der Waals surface area (Å²) in [7, 11) is 0. The van der Waals surface area contributed by atoms with Crippen LogP contribution < -0.4 is 10.2 Å². The Morgan fingerprint density at radius 1 is 1.18 bits per heavy atom. The molecule has 0 radical (unpaired) electrons. The molecule has 28 heavy (non-hydrogen) atoms. The fourth-order valence-corrected chi connectivity index (χ4v) is 3.72. The number of benzene rings is 1. The molecule has 6 nitrogen and oxygen atoms in total. The molecule has 1 aromatic heterocycles. The smallest absolute Gasteiger partial charge is 0.233 e. The molecule has 0 spiro atoms. The maximum Gasteiger partial charge on any atom is 0.233 e. The lowest BCUT2D eigenvalue weighted by Crippen LogP contribution is -2.26. The van der Waals surface area contributed by atoms with Crippen molar-refractivity contribution in [3.05, 3.63) is 41.5 Å². The van der Waals surface area contributed by atoms with E-state index in [1.54, 1.807) is 16.7 Å². The highest BCUT2D eigenvalue weighted by Gasteiger charge is 2.33. The van der Waals surface area contributed by atoms with E-state index in [1.807, 2.05) is 30.3 Å². The van der Waals surface area contributed by atoms with Crippen LogP contribution in [0.3, 0.4) is 0 Å². The first-order chi connectivity index (χ1) is 13.6. The van der Waals surface area contributed by atoms with E-state index in [2.05, 4.69) is 29.1 Å². The minimum atomic E-state index is -0.0665. The molecular weight excluding hydrogens is 372 g/mol. The maximum atomic E-state index is 12.7.